The Bertz CT molecular complexity index is 511. The molecule has 2 rings (SSSR count). The molecule has 16 heavy (non-hydrogen) atoms. The monoisotopic (exact) mass is 237 g/mol. The summed E-state index contributed by atoms with van der Waals surface area (Å²) in [6.45, 7) is 0. The second-order valence-electron chi connectivity index (χ2n) is 3.02. The van der Waals surface area contributed by atoms with E-state index in [1.54, 1.807) is 12.1 Å². The molecule has 1 amide bonds. The van der Waals surface area contributed by atoms with E-state index in [9.17, 15) is 4.79 Å². The Morgan fingerprint density at radius 1 is 1.56 bits per heavy atom. The number of halogens is 1. The van der Waals surface area contributed by atoms with Gasteiger partial charge in [-0.05, 0) is 18.2 Å². The largest absolute Gasteiger partial charge is 0.459 e. The molecule has 5 nitrogen and oxygen atoms in total. The standard InChI is InChI=1S/C10H8ClN3O2/c11-6-4-7(9(12)13-5-6)14-10(15)8-2-1-3-16-8/h1-5H,(H2,12,13)(H,14,15). The van der Waals surface area contributed by atoms with Crippen LogP contribution in [0.3, 0.4) is 0 Å². The van der Waals surface area contributed by atoms with Gasteiger partial charge < -0.3 is 15.5 Å². The summed E-state index contributed by atoms with van der Waals surface area (Å²) in [7, 11) is 0. The number of carbonyl (C=O) groups is 1. The van der Waals surface area contributed by atoms with Crippen LogP contribution in [0.1, 0.15) is 10.6 Å². The summed E-state index contributed by atoms with van der Waals surface area (Å²) in [6, 6.07) is 4.68. The Balaban J connectivity index is 2.21. The smallest absolute Gasteiger partial charge is 0.291 e. The first-order valence-corrected chi connectivity index (χ1v) is 4.80. The molecule has 0 atom stereocenters. The maximum atomic E-state index is 11.6. The lowest BCUT2D eigenvalue weighted by Gasteiger charge is -2.05. The van der Waals surface area contributed by atoms with Crippen LogP contribution in [0.15, 0.2) is 35.1 Å². The first kappa shape index (κ1) is 10.5. The van der Waals surface area contributed by atoms with Gasteiger partial charge in [0.15, 0.2) is 5.76 Å². The Labute approximate surface area is 96.2 Å². The third kappa shape index (κ3) is 2.14. The van der Waals surface area contributed by atoms with E-state index in [2.05, 4.69) is 10.3 Å². The number of rotatable bonds is 2. The Kier molecular flexibility index (Phi) is 2.78. The molecule has 0 saturated heterocycles. The van der Waals surface area contributed by atoms with Crippen molar-refractivity contribution in [3.63, 3.8) is 0 Å². The fourth-order valence-corrected chi connectivity index (χ4v) is 1.30. The van der Waals surface area contributed by atoms with Gasteiger partial charge in [0.1, 0.15) is 5.82 Å². The predicted molar refractivity (Wildman–Crippen MR) is 60.3 cm³/mol. The van der Waals surface area contributed by atoms with E-state index in [1.165, 1.54) is 18.5 Å². The lowest BCUT2D eigenvalue weighted by Crippen LogP contribution is -2.12. The highest BCUT2D eigenvalue weighted by atomic mass is 35.5. The van der Waals surface area contributed by atoms with Crippen LogP contribution < -0.4 is 11.1 Å². The summed E-state index contributed by atoms with van der Waals surface area (Å²) in [4.78, 5) is 15.4. The van der Waals surface area contributed by atoms with Gasteiger partial charge >= 0.3 is 0 Å². The normalized spacial score (nSPS) is 10.1. The number of nitrogens with one attached hydrogen (secondary N) is 1. The lowest BCUT2D eigenvalue weighted by molar-refractivity contribution is 0.0996. The highest BCUT2D eigenvalue weighted by Crippen LogP contribution is 2.20. The third-order valence-electron chi connectivity index (χ3n) is 1.88. The molecule has 0 bridgehead atoms. The first-order chi connectivity index (χ1) is 7.66. The van der Waals surface area contributed by atoms with Crippen molar-refractivity contribution in [1.82, 2.24) is 4.98 Å². The van der Waals surface area contributed by atoms with Crippen LogP contribution in [0.5, 0.6) is 0 Å². The molecule has 6 heteroatoms. The molecular weight excluding hydrogens is 230 g/mol. The summed E-state index contributed by atoms with van der Waals surface area (Å²) in [5.41, 5.74) is 5.93. The number of nitrogens with zero attached hydrogens (tertiary/aromatic N) is 1. The van der Waals surface area contributed by atoms with Gasteiger partial charge in [-0.3, -0.25) is 4.79 Å². The molecule has 0 aliphatic heterocycles. The third-order valence-corrected chi connectivity index (χ3v) is 2.09. The number of carbonyl (C=O) groups excluding carboxylic acids is 1. The predicted octanol–water partition coefficient (Wildman–Crippen LogP) is 2.16. The van der Waals surface area contributed by atoms with Crippen molar-refractivity contribution in [2.45, 2.75) is 0 Å². The number of pyridine rings is 1. The average Bonchev–Trinajstić information content (AvgIpc) is 2.76. The molecule has 3 N–H and O–H groups in total. The van der Waals surface area contributed by atoms with E-state index in [4.69, 9.17) is 21.8 Å². The molecule has 2 aromatic heterocycles. The van der Waals surface area contributed by atoms with Gasteiger partial charge in [-0.25, -0.2) is 4.98 Å². The second kappa shape index (κ2) is 4.24. The number of amides is 1. The van der Waals surface area contributed by atoms with Crippen molar-refractivity contribution in [2.75, 3.05) is 11.1 Å². The van der Waals surface area contributed by atoms with E-state index in [-0.39, 0.29) is 11.6 Å². The first-order valence-electron chi connectivity index (χ1n) is 4.42. The van der Waals surface area contributed by atoms with E-state index >= 15 is 0 Å². The van der Waals surface area contributed by atoms with E-state index in [0.29, 0.717) is 10.7 Å². The molecular formula is C10H8ClN3O2. The van der Waals surface area contributed by atoms with Crippen molar-refractivity contribution < 1.29 is 9.21 Å². The van der Waals surface area contributed by atoms with Crippen molar-refractivity contribution in [3.05, 3.63) is 41.4 Å². The number of hydrogen-bond acceptors (Lipinski definition) is 4. The molecule has 0 aliphatic carbocycles. The van der Waals surface area contributed by atoms with Gasteiger partial charge in [-0.2, -0.15) is 0 Å². The number of furan rings is 1. The molecule has 2 heterocycles. The summed E-state index contributed by atoms with van der Waals surface area (Å²) in [6.07, 6.45) is 2.81. The maximum Gasteiger partial charge on any atom is 0.291 e. The number of hydrogen-bond donors (Lipinski definition) is 2. The molecule has 0 saturated carbocycles. The van der Waals surface area contributed by atoms with E-state index < -0.39 is 5.91 Å². The Hall–Kier alpha value is -2.01. The van der Waals surface area contributed by atoms with Crippen LogP contribution in [0, 0.1) is 0 Å². The number of nitrogen functional groups attached to an aromatic ring is 1. The molecule has 82 valence electrons. The molecule has 0 aromatic carbocycles. The lowest BCUT2D eigenvalue weighted by atomic mass is 10.3. The Morgan fingerprint density at radius 2 is 2.38 bits per heavy atom. The quantitative estimate of drug-likeness (QED) is 0.839. The topological polar surface area (TPSA) is 81.1 Å². The van der Waals surface area contributed by atoms with Crippen LogP contribution in [0.25, 0.3) is 0 Å². The van der Waals surface area contributed by atoms with Gasteiger partial charge in [0.2, 0.25) is 0 Å². The molecule has 0 unspecified atom stereocenters. The molecule has 0 radical (unpaired) electrons. The molecule has 2 aromatic rings. The molecule has 0 aliphatic rings. The highest BCUT2D eigenvalue weighted by molar-refractivity contribution is 6.31. The minimum atomic E-state index is -0.402. The number of aromatic nitrogens is 1. The summed E-state index contributed by atoms with van der Waals surface area (Å²) >= 11 is 5.73. The minimum Gasteiger partial charge on any atom is -0.459 e. The van der Waals surface area contributed by atoms with Crippen molar-refractivity contribution in [2.24, 2.45) is 0 Å². The van der Waals surface area contributed by atoms with Crippen LogP contribution in [0.4, 0.5) is 11.5 Å². The Morgan fingerprint density at radius 3 is 3.06 bits per heavy atom. The highest BCUT2D eigenvalue weighted by Gasteiger charge is 2.11. The van der Waals surface area contributed by atoms with E-state index in [0.717, 1.165) is 0 Å². The van der Waals surface area contributed by atoms with Crippen LogP contribution >= 0.6 is 11.6 Å². The van der Waals surface area contributed by atoms with Gasteiger partial charge in [0, 0.05) is 6.20 Å². The second-order valence-corrected chi connectivity index (χ2v) is 3.45. The molecule has 0 fully saturated rings. The van der Waals surface area contributed by atoms with Gasteiger partial charge in [-0.15, -0.1) is 0 Å². The zero-order valence-corrected chi connectivity index (χ0v) is 8.86. The summed E-state index contributed by atoms with van der Waals surface area (Å²) < 4.78 is 4.93. The summed E-state index contributed by atoms with van der Waals surface area (Å²) in [5, 5.41) is 2.94. The minimum absolute atomic E-state index is 0.194. The zero-order valence-electron chi connectivity index (χ0n) is 8.11. The van der Waals surface area contributed by atoms with Gasteiger partial charge in [-0.1, -0.05) is 11.6 Å². The van der Waals surface area contributed by atoms with Crippen LogP contribution in [0.2, 0.25) is 5.02 Å². The number of nitrogens with two attached hydrogens (primary N) is 1. The average molecular weight is 238 g/mol. The van der Waals surface area contributed by atoms with Crippen LogP contribution in [-0.2, 0) is 0 Å². The fourth-order valence-electron chi connectivity index (χ4n) is 1.14. The van der Waals surface area contributed by atoms with Gasteiger partial charge in [0.05, 0.1) is 17.0 Å². The number of anilines is 2. The van der Waals surface area contributed by atoms with Gasteiger partial charge in [0.25, 0.3) is 5.91 Å². The fraction of sp³-hybridized carbons (Fsp3) is 0. The SMILES string of the molecule is Nc1ncc(Cl)cc1NC(=O)c1ccco1. The zero-order chi connectivity index (χ0) is 11.5. The maximum absolute atomic E-state index is 11.6. The van der Waals surface area contributed by atoms with Crippen molar-refractivity contribution >= 4 is 29.0 Å². The van der Waals surface area contributed by atoms with Crippen LogP contribution in [-0.4, -0.2) is 10.9 Å². The van der Waals surface area contributed by atoms with Crippen molar-refractivity contribution in [1.29, 1.82) is 0 Å². The summed E-state index contributed by atoms with van der Waals surface area (Å²) in [5.74, 6) is -0.00977. The van der Waals surface area contributed by atoms with E-state index in [1.807, 2.05) is 0 Å². The molecule has 0 spiro atoms. The van der Waals surface area contributed by atoms with Crippen molar-refractivity contribution in [3.8, 4) is 0 Å².